The first-order chi connectivity index (χ1) is 16.0. The van der Waals surface area contributed by atoms with Crippen LogP contribution < -0.4 is 0 Å². The molecule has 1 atom stereocenters. The van der Waals surface area contributed by atoms with Gasteiger partial charge in [0.25, 0.3) is 0 Å². The van der Waals surface area contributed by atoms with Crippen LogP contribution in [0, 0.1) is 5.92 Å². The summed E-state index contributed by atoms with van der Waals surface area (Å²) in [6.07, 6.45) is 1.79. The third-order valence-corrected chi connectivity index (χ3v) is 6.78. The summed E-state index contributed by atoms with van der Waals surface area (Å²) < 4.78 is 4.85. The maximum absolute atomic E-state index is 13.3. The molecule has 1 aromatic heterocycles. The number of ether oxygens (including phenoxy) is 1. The largest absolute Gasteiger partial charge is 0.465 e. The van der Waals surface area contributed by atoms with E-state index in [1.165, 1.54) is 12.7 Å². The van der Waals surface area contributed by atoms with Gasteiger partial charge in [-0.3, -0.25) is 9.59 Å². The van der Waals surface area contributed by atoms with Crippen LogP contribution in [0.25, 0.3) is 10.9 Å². The number of esters is 1. The van der Waals surface area contributed by atoms with Crippen LogP contribution in [0.1, 0.15) is 33.6 Å². The van der Waals surface area contributed by atoms with Crippen molar-refractivity contribution in [3.05, 3.63) is 70.9 Å². The number of carbonyl (C=O) groups excluding carboxylic acids is 3. The third-order valence-electron chi connectivity index (χ3n) is 6.78. The van der Waals surface area contributed by atoms with Crippen LogP contribution in [-0.4, -0.2) is 59.3 Å². The molecule has 3 heterocycles. The molecule has 33 heavy (non-hydrogen) atoms. The van der Waals surface area contributed by atoms with Crippen LogP contribution in [0.4, 0.5) is 0 Å². The fourth-order valence-electron chi connectivity index (χ4n) is 4.97. The zero-order valence-corrected chi connectivity index (χ0v) is 18.7. The van der Waals surface area contributed by atoms with Gasteiger partial charge in [0.2, 0.25) is 11.8 Å². The summed E-state index contributed by atoms with van der Waals surface area (Å²) in [6.45, 7) is 2.22. The molecule has 7 heteroatoms. The van der Waals surface area contributed by atoms with Crippen molar-refractivity contribution in [2.75, 3.05) is 26.7 Å². The Bertz CT molecular complexity index is 1220. The smallest absolute Gasteiger partial charge is 0.337 e. The fourth-order valence-corrected chi connectivity index (χ4v) is 4.97. The Hall–Kier alpha value is -3.61. The zero-order valence-electron chi connectivity index (χ0n) is 18.7. The molecule has 2 aliphatic heterocycles. The van der Waals surface area contributed by atoms with Crippen LogP contribution >= 0.6 is 0 Å². The average molecular weight is 446 g/mol. The second-order valence-corrected chi connectivity index (χ2v) is 8.82. The molecular weight excluding hydrogens is 418 g/mol. The standard InChI is InChI=1S/C26H27N3O4/c1-33-26(32)18-7-8-22-20(13-18)21-16-29(12-10-23(21)27-22)25(31)19-14-24(30)28(15-19)11-9-17-5-3-2-4-6-17/h2-8,13,19,27H,9-12,14-16H2,1H3. The first-order valence-corrected chi connectivity index (χ1v) is 11.4. The number of nitrogens with zero attached hydrogens (tertiary/aromatic N) is 2. The summed E-state index contributed by atoms with van der Waals surface area (Å²) in [5, 5.41) is 0.942. The maximum atomic E-state index is 13.3. The molecule has 3 aromatic rings. The number of amides is 2. The van der Waals surface area contributed by atoms with E-state index in [0.717, 1.165) is 35.0 Å². The Morgan fingerprint density at radius 3 is 2.76 bits per heavy atom. The lowest BCUT2D eigenvalue weighted by molar-refractivity contribution is -0.136. The van der Waals surface area contributed by atoms with Crippen LogP contribution in [0.2, 0.25) is 0 Å². The number of likely N-dealkylation sites (tertiary alicyclic amines) is 1. The van der Waals surface area contributed by atoms with Gasteiger partial charge in [0, 0.05) is 61.2 Å². The van der Waals surface area contributed by atoms with E-state index in [0.29, 0.717) is 31.7 Å². The molecule has 0 bridgehead atoms. The molecule has 1 unspecified atom stereocenters. The van der Waals surface area contributed by atoms with Crippen molar-refractivity contribution in [2.24, 2.45) is 5.92 Å². The minimum atomic E-state index is -0.379. The molecule has 170 valence electrons. The van der Waals surface area contributed by atoms with Gasteiger partial charge in [-0.15, -0.1) is 0 Å². The lowest BCUT2D eigenvalue weighted by Crippen LogP contribution is -2.40. The number of rotatable bonds is 5. The van der Waals surface area contributed by atoms with Crippen molar-refractivity contribution in [1.82, 2.24) is 14.8 Å². The van der Waals surface area contributed by atoms with Gasteiger partial charge in [-0.2, -0.15) is 0 Å². The number of fused-ring (bicyclic) bond motifs is 3. The number of carbonyl (C=O) groups is 3. The summed E-state index contributed by atoms with van der Waals surface area (Å²) >= 11 is 0. The number of hydrogen-bond donors (Lipinski definition) is 1. The molecule has 5 rings (SSSR count). The monoisotopic (exact) mass is 445 g/mol. The predicted octanol–water partition coefficient (Wildman–Crippen LogP) is 2.93. The lowest BCUT2D eigenvalue weighted by Gasteiger charge is -2.29. The molecule has 0 spiro atoms. The summed E-state index contributed by atoms with van der Waals surface area (Å²) in [5.74, 6) is -0.590. The topological polar surface area (TPSA) is 82.7 Å². The Labute approximate surface area is 192 Å². The molecule has 2 aromatic carbocycles. The minimum absolute atomic E-state index is 0.0367. The Balaban J connectivity index is 1.28. The number of nitrogens with one attached hydrogen (secondary N) is 1. The first-order valence-electron chi connectivity index (χ1n) is 11.4. The predicted molar refractivity (Wildman–Crippen MR) is 124 cm³/mol. The van der Waals surface area contributed by atoms with Crippen molar-refractivity contribution < 1.29 is 19.1 Å². The average Bonchev–Trinajstić information content (AvgIpc) is 3.41. The van der Waals surface area contributed by atoms with Crippen LogP contribution in [0.15, 0.2) is 48.5 Å². The van der Waals surface area contributed by atoms with E-state index >= 15 is 0 Å². The van der Waals surface area contributed by atoms with Gasteiger partial charge in [-0.1, -0.05) is 30.3 Å². The Kier molecular flexibility index (Phi) is 5.62. The number of hydrogen-bond acceptors (Lipinski definition) is 4. The van der Waals surface area contributed by atoms with E-state index in [1.807, 2.05) is 40.1 Å². The summed E-state index contributed by atoms with van der Waals surface area (Å²) in [4.78, 5) is 44.9. The molecule has 1 fully saturated rings. The van der Waals surface area contributed by atoms with Crippen molar-refractivity contribution in [3.63, 3.8) is 0 Å². The summed E-state index contributed by atoms with van der Waals surface area (Å²) in [5.41, 5.74) is 4.77. The molecular formula is C26H27N3O4. The van der Waals surface area contributed by atoms with Gasteiger partial charge in [-0.25, -0.2) is 4.79 Å². The van der Waals surface area contributed by atoms with Crippen molar-refractivity contribution in [3.8, 4) is 0 Å². The second-order valence-electron chi connectivity index (χ2n) is 8.82. The molecule has 1 N–H and O–H groups in total. The first kappa shape index (κ1) is 21.2. The van der Waals surface area contributed by atoms with Gasteiger partial charge in [0.05, 0.1) is 18.6 Å². The molecule has 1 saturated heterocycles. The van der Waals surface area contributed by atoms with Gasteiger partial charge in [-0.05, 0) is 30.2 Å². The van der Waals surface area contributed by atoms with Crippen molar-refractivity contribution in [2.45, 2.75) is 25.8 Å². The van der Waals surface area contributed by atoms with Gasteiger partial charge < -0.3 is 19.5 Å². The van der Waals surface area contributed by atoms with E-state index in [1.54, 1.807) is 6.07 Å². The van der Waals surface area contributed by atoms with Crippen LogP contribution in [0.3, 0.4) is 0 Å². The molecule has 0 aliphatic carbocycles. The SMILES string of the molecule is COC(=O)c1ccc2[nH]c3c(c2c1)CN(C(=O)C1CC(=O)N(CCc2ccccc2)C1)CC3. The summed E-state index contributed by atoms with van der Waals surface area (Å²) in [7, 11) is 1.37. The van der Waals surface area contributed by atoms with Gasteiger partial charge in [0.15, 0.2) is 0 Å². The van der Waals surface area contributed by atoms with Crippen LogP contribution in [-0.2, 0) is 33.7 Å². The highest BCUT2D eigenvalue weighted by atomic mass is 16.5. The van der Waals surface area contributed by atoms with E-state index < -0.39 is 0 Å². The minimum Gasteiger partial charge on any atom is -0.465 e. The van der Waals surface area contributed by atoms with Gasteiger partial charge in [0.1, 0.15) is 0 Å². The molecule has 2 aliphatic rings. The number of benzene rings is 2. The number of aromatic amines is 1. The quantitative estimate of drug-likeness (QED) is 0.612. The molecule has 7 nitrogen and oxygen atoms in total. The van der Waals surface area contributed by atoms with Crippen LogP contribution in [0.5, 0.6) is 0 Å². The highest BCUT2D eigenvalue weighted by Crippen LogP contribution is 2.30. The highest BCUT2D eigenvalue weighted by molar-refractivity contribution is 5.96. The number of H-pyrrole nitrogens is 1. The molecule has 2 amide bonds. The fraction of sp³-hybridized carbons (Fsp3) is 0.346. The lowest BCUT2D eigenvalue weighted by atomic mass is 10.0. The van der Waals surface area contributed by atoms with E-state index in [4.69, 9.17) is 4.74 Å². The molecule has 0 saturated carbocycles. The van der Waals surface area contributed by atoms with E-state index in [-0.39, 0.29) is 30.1 Å². The van der Waals surface area contributed by atoms with Crippen molar-refractivity contribution >= 4 is 28.7 Å². The number of methoxy groups -OCH3 is 1. The normalized spacial score (nSPS) is 18.0. The molecule has 0 radical (unpaired) electrons. The zero-order chi connectivity index (χ0) is 22.9. The summed E-state index contributed by atoms with van der Waals surface area (Å²) in [6, 6.07) is 15.5. The van der Waals surface area contributed by atoms with E-state index in [9.17, 15) is 14.4 Å². The van der Waals surface area contributed by atoms with Crippen molar-refractivity contribution in [1.29, 1.82) is 0 Å². The van der Waals surface area contributed by atoms with Gasteiger partial charge >= 0.3 is 5.97 Å². The maximum Gasteiger partial charge on any atom is 0.337 e. The second kappa shape index (κ2) is 8.73. The Morgan fingerprint density at radius 2 is 1.97 bits per heavy atom. The third kappa shape index (κ3) is 4.11. The number of aromatic nitrogens is 1. The highest BCUT2D eigenvalue weighted by Gasteiger charge is 2.37. The van der Waals surface area contributed by atoms with E-state index in [2.05, 4.69) is 17.1 Å². The Morgan fingerprint density at radius 1 is 1.15 bits per heavy atom.